The number of halogens is 3. The van der Waals surface area contributed by atoms with Gasteiger partial charge < -0.3 is 9.64 Å². The van der Waals surface area contributed by atoms with Gasteiger partial charge in [-0.25, -0.2) is 4.79 Å². The quantitative estimate of drug-likeness (QED) is 0.258. The molecule has 2 fully saturated rings. The van der Waals surface area contributed by atoms with Crippen LogP contribution in [-0.4, -0.2) is 41.0 Å². The van der Waals surface area contributed by atoms with E-state index in [9.17, 15) is 9.59 Å². The lowest BCUT2D eigenvalue weighted by molar-refractivity contribution is -0.138. The molecule has 3 aliphatic rings. The Bertz CT molecular complexity index is 1430. The van der Waals surface area contributed by atoms with Gasteiger partial charge in [-0.2, -0.15) is 0 Å². The van der Waals surface area contributed by atoms with Crippen molar-refractivity contribution in [2.45, 2.75) is 63.4 Å². The number of hydrogen-bond acceptors (Lipinski definition) is 4. The molecular formula is C33H33Br2ClN2O3. The Morgan fingerprint density at radius 3 is 2.34 bits per heavy atom. The van der Waals surface area contributed by atoms with Crippen LogP contribution >= 0.6 is 43.5 Å². The molecule has 0 N–H and O–H groups in total. The number of benzene rings is 2. The Balaban J connectivity index is 1.11. The third-order valence-electron chi connectivity index (χ3n) is 9.05. The van der Waals surface area contributed by atoms with Gasteiger partial charge >= 0.3 is 5.97 Å². The molecule has 2 heterocycles. The number of ether oxygens (including phenoxy) is 1. The van der Waals surface area contributed by atoms with E-state index in [1.807, 2.05) is 30.5 Å². The molecule has 1 aliphatic heterocycles. The summed E-state index contributed by atoms with van der Waals surface area (Å²) < 4.78 is 7.79. The molecule has 1 atom stereocenters. The number of likely N-dealkylation sites (tertiary alicyclic amines) is 1. The zero-order valence-electron chi connectivity index (χ0n) is 22.8. The third-order valence-corrected chi connectivity index (χ3v) is 10.4. The largest absolute Gasteiger partial charge is 0.459 e. The zero-order valence-corrected chi connectivity index (χ0v) is 26.8. The number of piperidine rings is 1. The summed E-state index contributed by atoms with van der Waals surface area (Å²) in [5.41, 5.74) is 5.60. The van der Waals surface area contributed by atoms with E-state index in [1.54, 1.807) is 12.1 Å². The maximum Gasteiger partial charge on any atom is 0.338 e. The van der Waals surface area contributed by atoms with Gasteiger partial charge in [0, 0.05) is 45.1 Å². The second-order valence-electron chi connectivity index (χ2n) is 11.5. The van der Waals surface area contributed by atoms with Gasteiger partial charge in [0.05, 0.1) is 11.3 Å². The van der Waals surface area contributed by atoms with Gasteiger partial charge in [0.1, 0.15) is 6.10 Å². The minimum absolute atomic E-state index is 0.00728. The summed E-state index contributed by atoms with van der Waals surface area (Å²) in [6.45, 7) is 1.52. The number of fused-ring (bicyclic) bond motifs is 2. The van der Waals surface area contributed by atoms with Crippen LogP contribution in [0, 0.1) is 11.8 Å². The van der Waals surface area contributed by atoms with Crippen molar-refractivity contribution in [1.82, 2.24) is 9.88 Å². The molecule has 0 spiro atoms. The summed E-state index contributed by atoms with van der Waals surface area (Å²) >= 11 is 13.9. The van der Waals surface area contributed by atoms with Gasteiger partial charge in [-0.05, 0) is 120 Å². The molecule has 1 aromatic heterocycles. The molecule has 41 heavy (non-hydrogen) atoms. The minimum Gasteiger partial charge on any atom is -0.459 e. The molecule has 2 aromatic carbocycles. The molecule has 8 heteroatoms. The van der Waals surface area contributed by atoms with Crippen LogP contribution in [0.1, 0.15) is 77.2 Å². The number of esters is 1. The molecule has 0 bridgehead atoms. The lowest BCUT2D eigenvalue weighted by Crippen LogP contribution is -2.44. The maximum absolute atomic E-state index is 13.5. The lowest BCUT2D eigenvalue weighted by atomic mass is 9.76. The number of pyridine rings is 1. The van der Waals surface area contributed by atoms with E-state index >= 15 is 0 Å². The molecule has 5 nitrogen and oxygen atoms in total. The molecule has 0 radical (unpaired) electrons. The predicted octanol–water partition coefficient (Wildman–Crippen LogP) is 8.14. The van der Waals surface area contributed by atoms with Crippen molar-refractivity contribution in [2.24, 2.45) is 11.8 Å². The molecule has 1 amide bonds. The van der Waals surface area contributed by atoms with Crippen LogP contribution < -0.4 is 0 Å². The number of aromatic nitrogens is 1. The van der Waals surface area contributed by atoms with E-state index < -0.39 is 0 Å². The zero-order chi connectivity index (χ0) is 28.5. The predicted molar refractivity (Wildman–Crippen MR) is 167 cm³/mol. The summed E-state index contributed by atoms with van der Waals surface area (Å²) in [5, 5.41) is 0.749. The fourth-order valence-electron chi connectivity index (χ4n) is 6.96. The van der Waals surface area contributed by atoms with Gasteiger partial charge in [-0.3, -0.25) is 9.78 Å². The second kappa shape index (κ2) is 12.6. The number of amides is 1. The average Bonchev–Trinajstić information content (AvgIpc) is 3.14. The Kier molecular flexibility index (Phi) is 8.85. The molecule has 6 rings (SSSR count). The smallest absolute Gasteiger partial charge is 0.338 e. The van der Waals surface area contributed by atoms with Crippen molar-refractivity contribution in [3.63, 3.8) is 0 Å². The molecule has 1 saturated heterocycles. The number of aryl methyl sites for hydroxylation is 2. The molecule has 214 valence electrons. The lowest BCUT2D eigenvalue weighted by Gasteiger charge is -2.39. The molecular weight excluding hydrogens is 668 g/mol. The van der Waals surface area contributed by atoms with E-state index in [4.69, 9.17) is 21.3 Å². The summed E-state index contributed by atoms with van der Waals surface area (Å²) in [6, 6.07) is 15.4. The number of carbonyl (C=O) groups excluding carboxylic acids is 2. The van der Waals surface area contributed by atoms with E-state index in [0.717, 1.165) is 84.1 Å². The van der Waals surface area contributed by atoms with Crippen molar-refractivity contribution in [3.8, 4) is 0 Å². The molecule has 3 aromatic rings. The summed E-state index contributed by atoms with van der Waals surface area (Å²) in [6.07, 6.45) is 8.52. The first kappa shape index (κ1) is 28.9. The molecule has 2 aliphatic carbocycles. The summed E-state index contributed by atoms with van der Waals surface area (Å²) in [4.78, 5) is 33.0. The van der Waals surface area contributed by atoms with Crippen molar-refractivity contribution < 1.29 is 14.3 Å². The number of hydrogen-bond donors (Lipinski definition) is 0. The van der Waals surface area contributed by atoms with E-state index in [-0.39, 0.29) is 29.8 Å². The summed E-state index contributed by atoms with van der Waals surface area (Å²) in [7, 11) is 0. The van der Waals surface area contributed by atoms with Crippen molar-refractivity contribution in [1.29, 1.82) is 0 Å². The van der Waals surface area contributed by atoms with E-state index in [1.165, 1.54) is 16.7 Å². The number of carbonyl (C=O) groups is 2. The highest BCUT2D eigenvalue weighted by Crippen LogP contribution is 2.46. The monoisotopic (exact) mass is 698 g/mol. The Hall–Kier alpha value is -2.22. The Morgan fingerprint density at radius 2 is 1.61 bits per heavy atom. The highest BCUT2D eigenvalue weighted by Gasteiger charge is 2.38. The normalized spacial score (nSPS) is 22.8. The highest BCUT2D eigenvalue weighted by atomic mass is 79.9. The first-order valence-electron chi connectivity index (χ1n) is 14.5. The first-order valence-corrected chi connectivity index (χ1v) is 16.5. The van der Waals surface area contributed by atoms with Crippen LogP contribution in [0.15, 0.2) is 63.7 Å². The van der Waals surface area contributed by atoms with Crippen LogP contribution in [0.3, 0.4) is 0 Å². The fraction of sp³-hybridized carbons (Fsp3) is 0.424. The van der Waals surface area contributed by atoms with Crippen LogP contribution in [-0.2, 0) is 22.4 Å². The van der Waals surface area contributed by atoms with E-state index in [0.29, 0.717) is 11.5 Å². The van der Waals surface area contributed by atoms with Crippen molar-refractivity contribution in [2.75, 3.05) is 13.1 Å². The van der Waals surface area contributed by atoms with Crippen LogP contribution in [0.5, 0.6) is 0 Å². The second-order valence-corrected chi connectivity index (χ2v) is 13.8. The molecule has 0 unspecified atom stereocenters. The standard InChI is InChI=1S/C33H33Br2ClN2O3/c34-25-16-24-7-6-23-17-26(36)18-28(35)29(23)30(31(24)37-19-25)20-12-14-38(15-13-20)32(39)21-8-10-27(11-9-21)41-33(40)22-4-2-1-3-5-22/h1-5,16-21,27,30H,6-15H2/t21?,27?,30-/m1/s1. The van der Waals surface area contributed by atoms with Gasteiger partial charge in [-0.15, -0.1) is 0 Å². The fourth-order valence-corrected chi connectivity index (χ4v) is 8.46. The number of rotatable bonds is 4. The first-order chi connectivity index (χ1) is 19.9. The third kappa shape index (κ3) is 6.28. The summed E-state index contributed by atoms with van der Waals surface area (Å²) in [5.74, 6) is 0.531. The van der Waals surface area contributed by atoms with Crippen LogP contribution in [0.25, 0.3) is 0 Å². The average molecular weight is 701 g/mol. The van der Waals surface area contributed by atoms with Crippen LogP contribution in [0.2, 0.25) is 5.02 Å². The topological polar surface area (TPSA) is 59.5 Å². The van der Waals surface area contributed by atoms with Crippen molar-refractivity contribution >= 4 is 55.3 Å². The van der Waals surface area contributed by atoms with E-state index in [2.05, 4.69) is 48.9 Å². The minimum atomic E-state index is -0.278. The van der Waals surface area contributed by atoms with Crippen molar-refractivity contribution in [3.05, 3.63) is 96.6 Å². The van der Waals surface area contributed by atoms with Gasteiger partial charge in [0.15, 0.2) is 0 Å². The Morgan fingerprint density at radius 1 is 0.902 bits per heavy atom. The van der Waals surface area contributed by atoms with Gasteiger partial charge in [-0.1, -0.05) is 45.7 Å². The maximum atomic E-state index is 13.5. The molecule has 1 saturated carbocycles. The SMILES string of the molecule is O=C(OC1CCC(C(=O)N2CCC([C@H]3c4ncc(Br)cc4CCc4cc(Cl)cc(Br)c43)CC2)CC1)c1ccccc1. The van der Waals surface area contributed by atoms with Gasteiger partial charge in [0.25, 0.3) is 0 Å². The Labute approximate surface area is 263 Å². The number of nitrogens with zero attached hydrogens (tertiary/aromatic N) is 2. The highest BCUT2D eigenvalue weighted by molar-refractivity contribution is 9.10. The van der Waals surface area contributed by atoms with Gasteiger partial charge in [0.2, 0.25) is 5.91 Å². The van der Waals surface area contributed by atoms with Crippen LogP contribution in [0.4, 0.5) is 0 Å².